The molecule has 160 valence electrons. The van der Waals surface area contributed by atoms with Crippen LogP contribution < -0.4 is 17.2 Å². The van der Waals surface area contributed by atoms with Crippen LogP contribution in [0.15, 0.2) is 45.1 Å². The zero-order valence-electron chi connectivity index (χ0n) is 16.2. The van der Waals surface area contributed by atoms with E-state index in [0.717, 1.165) is 5.57 Å². The Kier molecular flexibility index (Phi) is 4.25. The summed E-state index contributed by atoms with van der Waals surface area (Å²) in [5.74, 6) is -6.99. The van der Waals surface area contributed by atoms with Gasteiger partial charge in [-0.15, -0.1) is 0 Å². The number of ketones is 2. The second-order valence-corrected chi connectivity index (χ2v) is 8.41. The van der Waals surface area contributed by atoms with Crippen LogP contribution in [0.3, 0.4) is 0 Å². The Morgan fingerprint density at radius 2 is 1.70 bits per heavy atom. The van der Waals surface area contributed by atoms with Gasteiger partial charge in [-0.3, -0.25) is 14.4 Å². The molecule has 0 saturated carbocycles. The minimum absolute atomic E-state index is 0.00721. The third-order valence-corrected chi connectivity index (χ3v) is 6.79. The monoisotopic (exact) mass is 417 g/mol. The molecule has 0 fully saturated rings. The number of allylic oxidation sites excluding steroid dienone is 2. The number of primary amides is 1. The standard InChI is InChI=1S/C20H23N3O7/c1-5-2-9(21)14(24)11-7(5)3-6-4-8-13(22)16(26)12(19(23)29)18(28)20(8,30)17(27)10(6)15(11)25/h6,8-9,13,25,27-28,30H,2-4,21-22H2,1H3,(H2,23,29)/t6-,8-,9?,13-,20-/m0/s1. The summed E-state index contributed by atoms with van der Waals surface area (Å²) >= 11 is 0. The van der Waals surface area contributed by atoms with Crippen molar-refractivity contribution in [2.24, 2.45) is 29.0 Å². The first-order valence-electron chi connectivity index (χ1n) is 9.54. The quantitative estimate of drug-likeness (QED) is 0.266. The van der Waals surface area contributed by atoms with E-state index in [1.54, 1.807) is 6.92 Å². The number of carbonyl (C=O) groups is 3. The van der Waals surface area contributed by atoms with E-state index in [4.69, 9.17) is 17.2 Å². The molecule has 0 radical (unpaired) electrons. The first-order chi connectivity index (χ1) is 13.9. The molecule has 5 atom stereocenters. The lowest BCUT2D eigenvalue weighted by molar-refractivity contribution is -0.130. The van der Waals surface area contributed by atoms with E-state index in [9.17, 15) is 34.8 Å². The van der Waals surface area contributed by atoms with Gasteiger partial charge in [-0.25, -0.2) is 0 Å². The maximum atomic E-state index is 12.6. The van der Waals surface area contributed by atoms with Crippen molar-refractivity contribution in [1.29, 1.82) is 0 Å². The summed E-state index contributed by atoms with van der Waals surface area (Å²) in [5, 5.41) is 43.7. The molecule has 10 N–H and O–H groups in total. The largest absolute Gasteiger partial charge is 0.508 e. The average molecular weight is 417 g/mol. The number of aliphatic hydroxyl groups is 4. The fraction of sp³-hybridized carbons (Fsp3) is 0.450. The van der Waals surface area contributed by atoms with Crippen LogP contribution >= 0.6 is 0 Å². The highest BCUT2D eigenvalue weighted by Gasteiger charge is 2.61. The van der Waals surface area contributed by atoms with Crippen LogP contribution in [0.2, 0.25) is 0 Å². The zero-order valence-corrected chi connectivity index (χ0v) is 16.2. The van der Waals surface area contributed by atoms with E-state index >= 15 is 0 Å². The number of aliphatic hydroxyl groups excluding tert-OH is 3. The number of hydrogen-bond donors (Lipinski definition) is 7. The Bertz CT molecular complexity index is 1050. The van der Waals surface area contributed by atoms with Crippen LogP contribution in [-0.4, -0.2) is 55.6 Å². The van der Waals surface area contributed by atoms with Gasteiger partial charge in [0, 0.05) is 11.5 Å². The molecule has 4 aliphatic carbocycles. The predicted molar refractivity (Wildman–Crippen MR) is 103 cm³/mol. The van der Waals surface area contributed by atoms with Crippen molar-refractivity contribution in [3.63, 3.8) is 0 Å². The van der Waals surface area contributed by atoms with Crippen LogP contribution in [0, 0.1) is 11.8 Å². The Labute approximate surface area is 171 Å². The summed E-state index contributed by atoms with van der Waals surface area (Å²) in [6, 6.07) is -2.26. The van der Waals surface area contributed by atoms with Crippen molar-refractivity contribution in [3.05, 3.63) is 45.1 Å². The van der Waals surface area contributed by atoms with E-state index in [2.05, 4.69) is 0 Å². The number of rotatable bonds is 1. The van der Waals surface area contributed by atoms with Crippen LogP contribution in [0.1, 0.15) is 26.2 Å². The molecule has 30 heavy (non-hydrogen) atoms. The number of nitrogens with two attached hydrogens (primary N) is 3. The Balaban J connectivity index is 2.01. The zero-order chi connectivity index (χ0) is 22.3. The Hall–Kier alpha value is -2.95. The molecule has 0 aromatic heterocycles. The molecule has 0 spiro atoms. The highest BCUT2D eigenvalue weighted by Crippen LogP contribution is 2.54. The van der Waals surface area contributed by atoms with Gasteiger partial charge in [-0.05, 0) is 37.7 Å². The number of Topliss-reactive ketones (excluding diaryl/α,β-unsaturated/α-hetero) is 2. The number of fused-ring (bicyclic) bond motifs is 3. The summed E-state index contributed by atoms with van der Waals surface area (Å²) in [5.41, 5.74) is 14.8. The third kappa shape index (κ3) is 2.32. The molecule has 0 saturated heterocycles. The van der Waals surface area contributed by atoms with Crippen molar-refractivity contribution in [1.82, 2.24) is 0 Å². The topological polar surface area (TPSA) is 210 Å². The van der Waals surface area contributed by atoms with E-state index in [1.165, 1.54) is 0 Å². The summed E-state index contributed by atoms with van der Waals surface area (Å²) in [6.07, 6.45) is 0.594. The minimum atomic E-state index is -2.60. The molecule has 10 nitrogen and oxygen atoms in total. The Morgan fingerprint density at radius 1 is 1.07 bits per heavy atom. The fourth-order valence-electron chi connectivity index (χ4n) is 5.26. The van der Waals surface area contributed by atoms with Crippen molar-refractivity contribution in [2.75, 3.05) is 0 Å². The van der Waals surface area contributed by atoms with Crippen LogP contribution in [0.5, 0.6) is 0 Å². The highest BCUT2D eigenvalue weighted by atomic mass is 16.4. The second-order valence-electron chi connectivity index (χ2n) is 8.41. The predicted octanol–water partition coefficient (Wildman–Crippen LogP) is -0.794. The molecule has 0 aromatic carbocycles. The van der Waals surface area contributed by atoms with Crippen LogP contribution in [0.25, 0.3) is 0 Å². The molecule has 10 heteroatoms. The number of carbonyl (C=O) groups excluding carboxylic acids is 3. The minimum Gasteiger partial charge on any atom is -0.508 e. The second kappa shape index (κ2) is 6.27. The van der Waals surface area contributed by atoms with Gasteiger partial charge in [-0.2, -0.15) is 0 Å². The van der Waals surface area contributed by atoms with E-state index in [-0.39, 0.29) is 24.0 Å². The maximum Gasteiger partial charge on any atom is 0.255 e. The third-order valence-electron chi connectivity index (χ3n) is 6.79. The van der Waals surface area contributed by atoms with Gasteiger partial charge >= 0.3 is 0 Å². The SMILES string of the molecule is CC1=C2C[C@H]3C[C@H]4[C@H](N)C(=O)C(C(N)=O)=C(O)[C@@]4(O)C(O)=C3C(O)=C2C(=O)C(N)C1. The van der Waals surface area contributed by atoms with Gasteiger partial charge in [0.15, 0.2) is 17.2 Å². The molecule has 4 rings (SSSR count). The number of amides is 1. The molecule has 1 amide bonds. The summed E-state index contributed by atoms with van der Waals surface area (Å²) in [7, 11) is 0. The molecular weight excluding hydrogens is 394 g/mol. The Morgan fingerprint density at radius 3 is 2.30 bits per heavy atom. The molecular formula is C20H23N3O7. The normalized spacial score (nSPS) is 36.7. The first kappa shape index (κ1) is 20.3. The lowest BCUT2D eigenvalue weighted by Crippen LogP contribution is -2.61. The van der Waals surface area contributed by atoms with Gasteiger partial charge in [0.2, 0.25) is 0 Å². The van der Waals surface area contributed by atoms with E-state index in [0.29, 0.717) is 12.0 Å². The van der Waals surface area contributed by atoms with Gasteiger partial charge in [0.1, 0.15) is 22.9 Å². The van der Waals surface area contributed by atoms with Gasteiger partial charge in [0.05, 0.1) is 17.7 Å². The van der Waals surface area contributed by atoms with Crippen molar-refractivity contribution in [2.45, 2.75) is 43.9 Å². The molecule has 1 unspecified atom stereocenters. The van der Waals surface area contributed by atoms with Crippen molar-refractivity contribution in [3.8, 4) is 0 Å². The lowest BCUT2D eigenvalue weighted by Gasteiger charge is -2.48. The molecule has 0 aromatic rings. The van der Waals surface area contributed by atoms with Gasteiger partial charge in [-0.1, -0.05) is 5.57 Å². The van der Waals surface area contributed by atoms with E-state index in [1.807, 2.05) is 0 Å². The fourth-order valence-corrected chi connectivity index (χ4v) is 5.26. The maximum absolute atomic E-state index is 12.6. The van der Waals surface area contributed by atoms with Crippen molar-refractivity contribution >= 4 is 17.5 Å². The molecule has 0 bridgehead atoms. The summed E-state index contributed by atoms with van der Waals surface area (Å²) in [6.45, 7) is 1.80. The average Bonchev–Trinajstić information content (AvgIpc) is 2.66. The van der Waals surface area contributed by atoms with Gasteiger partial charge in [0.25, 0.3) is 5.91 Å². The number of hydrogen-bond acceptors (Lipinski definition) is 9. The molecule has 0 heterocycles. The van der Waals surface area contributed by atoms with Crippen LogP contribution in [0.4, 0.5) is 0 Å². The molecule has 0 aliphatic heterocycles. The molecule has 4 aliphatic rings. The smallest absolute Gasteiger partial charge is 0.255 e. The highest BCUT2D eigenvalue weighted by molar-refractivity contribution is 6.22. The first-order valence-corrected chi connectivity index (χ1v) is 9.54. The van der Waals surface area contributed by atoms with Gasteiger partial charge < -0.3 is 37.6 Å². The lowest BCUT2D eigenvalue weighted by atomic mass is 9.59. The van der Waals surface area contributed by atoms with E-state index < -0.39 is 69.8 Å². The van der Waals surface area contributed by atoms with Crippen LogP contribution in [-0.2, 0) is 14.4 Å². The van der Waals surface area contributed by atoms with Crippen molar-refractivity contribution < 1.29 is 34.8 Å². The summed E-state index contributed by atoms with van der Waals surface area (Å²) in [4.78, 5) is 36.8. The summed E-state index contributed by atoms with van der Waals surface area (Å²) < 4.78 is 0.